The molecule has 7 aromatic rings. The highest BCUT2D eigenvalue weighted by Crippen LogP contribution is 2.31. The number of pyridine rings is 1. The zero-order chi connectivity index (χ0) is 24.4. The Morgan fingerprint density at radius 2 is 0.806 bits per heavy atom. The average molecular weight is 467 g/mol. The molecule has 0 aliphatic rings. The number of para-hydroxylation sites is 3. The number of aryl methyl sites for hydroxylation is 3. The van der Waals surface area contributed by atoms with Crippen molar-refractivity contribution in [2.24, 2.45) is 0 Å². The van der Waals surface area contributed by atoms with E-state index in [1.54, 1.807) is 0 Å². The molecule has 7 rings (SSSR count). The van der Waals surface area contributed by atoms with Gasteiger partial charge in [0.2, 0.25) is 0 Å². The first-order valence-corrected chi connectivity index (χ1v) is 12.3. The van der Waals surface area contributed by atoms with Crippen LogP contribution in [0.5, 0.6) is 0 Å². The second kappa shape index (κ2) is 7.72. The van der Waals surface area contributed by atoms with Gasteiger partial charge < -0.3 is 4.57 Å². The number of rotatable bonds is 3. The Morgan fingerprint density at radius 1 is 0.444 bits per heavy atom. The molecule has 0 aliphatic carbocycles. The quantitative estimate of drug-likeness (QED) is 0.261. The normalized spacial score (nSPS) is 11.8. The number of fused-ring (bicyclic) bond motifs is 3. The van der Waals surface area contributed by atoms with Crippen LogP contribution < -0.4 is 0 Å². The summed E-state index contributed by atoms with van der Waals surface area (Å²) in [4.78, 5) is 5.27. The number of aromatic nitrogens is 4. The van der Waals surface area contributed by atoms with Crippen LogP contribution in [0.15, 0.2) is 103 Å². The summed E-state index contributed by atoms with van der Waals surface area (Å²) in [7, 11) is 0. The van der Waals surface area contributed by atoms with E-state index in [1.165, 1.54) is 27.4 Å². The summed E-state index contributed by atoms with van der Waals surface area (Å²) in [6.07, 6.45) is 0. The topological polar surface area (TPSA) is 27.7 Å². The lowest BCUT2D eigenvalue weighted by Crippen LogP contribution is -2.08. The largest absolute Gasteiger partial charge is 0.314 e. The maximum absolute atomic E-state index is 5.27. The highest BCUT2D eigenvalue weighted by atomic mass is 15.1. The lowest BCUT2D eigenvalue weighted by molar-refractivity contribution is 0.923. The minimum Gasteiger partial charge on any atom is -0.314 e. The van der Waals surface area contributed by atoms with Gasteiger partial charge >= 0.3 is 0 Å². The van der Waals surface area contributed by atoms with Crippen molar-refractivity contribution in [1.29, 1.82) is 0 Å². The summed E-state index contributed by atoms with van der Waals surface area (Å²) >= 11 is 0. The highest BCUT2D eigenvalue weighted by Gasteiger charge is 2.17. The summed E-state index contributed by atoms with van der Waals surface area (Å²) in [6, 6.07) is 36.7. The zero-order valence-corrected chi connectivity index (χ0v) is 20.6. The van der Waals surface area contributed by atoms with E-state index in [0.29, 0.717) is 0 Å². The van der Waals surface area contributed by atoms with E-state index in [2.05, 4.69) is 138 Å². The van der Waals surface area contributed by atoms with E-state index in [4.69, 9.17) is 4.98 Å². The van der Waals surface area contributed by atoms with Gasteiger partial charge in [-0.25, -0.2) is 4.98 Å². The first-order chi connectivity index (χ1) is 17.6. The molecule has 0 atom stereocenters. The van der Waals surface area contributed by atoms with Gasteiger partial charge in [-0.05, 0) is 57.2 Å². The van der Waals surface area contributed by atoms with E-state index in [-0.39, 0.29) is 0 Å². The number of nitrogens with zero attached hydrogens (tertiary/aromatic N) is 4. The molecular formula is C32H26N4. The molecule has 3 aromatic carbocycles. The average Bonchev–Trinajstić information content (AvgIpc) is 3.51. The predicted molar refractivity (Wildman–Crippen MR) is 149 cm³/mol. The van der Waals surface area contributed by atoms with Crippen molar-refractivity contribution in [1.82, 2.24) is 18.7 Å². The third-order valence-corrected chi connectivity index (χ3v) is 7.18. The van der Waals surface area contributed by atoms with Gasteiger partial charge in [-0.15, -0.1) is 0 Å². The van der Waals surface area contributed by atoms with Gasteiger partial charge in [0.05, 0.1) is 22.2 Å². The minimum absolute atomic E-state index is 0.913. The molecule has 0 fully saturated rings. The molecule has 36 heavy (non-hydrogen) atoms. The van der Waals surface area contributed by atoms with Gasteiger partial charge in [0.1, 0.15) is 11.6 Å². The van der Waals surface area contributed by atoms with Crippen molar-refractivity contribution in [3.8, 4) is 17.3 Å². The van der Waals surface area contributed by atoms with Crippen molar-refractivity contribution in [2.45, 2.75) is 20.8 Å². The van der Waals surface area contributed by atoms with E-state index < -0.39 is 0 Å². The molecule has 4 aromatic heterocycles. The van der Waals surface area contributed by atoms with Crippen molar-refractivity contribution < 1.29 is 0 Å². The molecule has 4 heteroatoms. The van der Waals surface area contributed by atoms with Crippen LogP contribution in [0.3, 0.4) is 0 Å². The summed E-state index contributed by atoms with van der Waals surface area (Å²) in [5.41, 5.74) is 8.14. The van der Waals surface area contributed by atoms with Crippen LogP contribution in [-0.2, 0) is 0 Å². The lowest BCUT2D eigenvalue weighted by Gasteiger charge is -2.17. The smallest absolute Gasteiger partial charge is 0.141 e. The molecule has 0 bridgehead atoms. The van der Waals surface area contributed by atoms with Crippen molar-refractivity contribution in [3.05, 3.63) is 120 Å². The van der Waals surface area contributed by atoms with E-state index in [0.717, 1.165) is 39.7 Å². The second-order valence-corrected chi connectivity index (χ2v) is 9.58. The molecule has 0 amide bonds. The van der Waals surface area contributed by atoms with Crippen LogP contribution in [0.25, 0.3) is 50.0 Å². The van der Waals surface area contributed by atoms with Crippen LogP contribution in [0.4, 0.5) is 0 Å². The summed E-state index contributed by atoms with van der Waals surface area (Å²) in [6.45, 7) is 6.48. The van der Waals surface area contributed by atoms with Crippen LogP contribution in [-0.4, -0.2) is 18.7 Å². The molecule has 0 aliphatic heterocycles. The van der Waals surface area contributed by atoms with Gasteiger partial charge in [0, 0.05) is 45.4 Å². The third-order valence-electron chi connectivity index (χ3n) is 7.18. The fourth-order valence-corrected chi connectivity index (χ4v) is 5.68. The van der Waals surface area contributed by atoms with E-state index >= 15 is 0 Å². The van der Waals surface area contributed by atoms with Gasteiger partial charge in [-0.2, -0.15) is 0 Å². The van der Waals surface area contributed by atoms with Crippen LogP contribution in [0.2, 0.25) is 0 Å². The van der Waals surface area contributed by atoms with Crippen molar-refractivity contribution in [2.75, 3.05) is 0 Å². The van der Waals surface area contributed by atoms with E-state index in [1.807, 2.05) is 0 Å². The maximum atomic E-state index is 5.27. The van der Waals surface area contributed by atoms with Crippen LogP contribution in [0, 0.1) is 20.8 Å². The third kappa shape index (κ3) is 3.04. The Labute approximate surface area is 209 Å². The van der Waals surface area contributed by atoms with Gasteiger partial charge in [-0.3, -0.25) is 9.13 Å². The fourth-order valence-electron chi connectivity index (χ4n) is 5.68. The Balaban J connectivity index is 1.58. The lowest BCUT2D eigenvalue weighted by atomic mass is 10.2. The van der Waals surface area contributed by atoms with Crippen molar-refractivity contribution in [3.63, 3.8) is 0 Å². The van der Waals surface area contributed by atoms with Gasteiger partial charge in [0.25, 0.3) is 0 Å². The second-order valence-electron chi connectivity index (χ2n) is 9.58. The van der Waals surface area contributed by atoms with Crippen LogP contribution in [0.1, 0.15) is 17.1 Å². The standard InChI is InChI=1S/C32H26N4/c1-21-16-24-10-4-7-13-28(24)34(21)27-19-31(35-22(2)17-25-11-5-8-14-29(25)35)33-32(20-27)36-23(3)18-26-12-6-9-15-30(26)36/h4-20H,1-3H3. The minimum atomic E-state index is 0.913. The first kappa shape index (κ1) is 20.8. The number of hydrogen-bond acceptors (Lipinski definition) is 1. The zero-order valence-electron chi connectivity index (χ0n) is 20.6. The monoisotopic (exact) mass is 466 g/mol. The molecule has 0 unspecified atom stereocenters. The molecule has 4 nitrogen and oxygen atoms in total. The predicted octanol–water partition coefficient (Wildman–Crippen LogP) is 7.84. The first-order valence-electron chi connectivity index (χ1n) is 12.3. The summed E-state index contributed by atoms with van der Waals surface area (Å²) < 4.78 is 6.88. The molecule has 174 valence electrons. The Bertz CT molecular complexity index is 1690. The summed E-state index contributed by atoms with van der Waals surface area (Å²) in [5, 5.41) is 3.67. The molecule has 0 N–H and O–H groups in total. The van der Waals surface area contributed by atoms with Crippen molar-refractivity contribution >= 4 is 32.7 Å². The Hall–Kier alpha value is -4.57. The maximum Gasteiger partial charge on any atom is 0.141 e. The summed E-state index contributed by atoms with van der Waals surface area (Å²) in [5.74, 6) is 1.83. The molecule has 0 saturated carbocycles. The highest BCUT2D eigenvalue weighted by molar-refractivity contribution is 5.86. The molecule has 4 heterocycles. The molecular weight excluding hydrogens is 440 g/mol. The number of hydrogen-bond donors (Lipinski definition) is 0. The molecule has 0 radical (unpaired) electrons. The number of benzene rings is 3. The Morgan fingerprint density at radius 3 is 1.25 bits per heavy atom. The van der Waals surface area contributed by atoms with E-state index in [9.17, 15) is 0 Å². The van der Waals surface area contributed by atoms with Gasteiger partial charge in [-0.1, -0.05) is 54.6 Å². The fraction of sp³-hybridized carbons (Fsp3) is 0.0938. The molecule has 0 saturated heterocycles. The molecule has 0 spiro atoms. The SMILES string of the molecule is Cc1cc2ccccc2n1-c1cc(-n2c(C)cc3ccccc32)nc(-n2c(C)cc3ccccc32)c1. The Kier molecular flexibility index (Phi) is 4.45. The van der Waals surface area contributed by atoms with Gasteiger partial charge in [0.15, 0.2) is 0 Å². The van der Waals surface area contributed by atoms with Crippen LogP contribution >= 0.6 is 0 Å².